The quantitative estimate of drug-likeness (QED) is 0.480. The third kappa shape index (κ3) is 6.35. The maximum atomic E-state index is 10.3. The predicted molar refractivity (Wildman–Crippen MR) is 42.2 cm³/mol. The van der Waals surface area contributed by atoms with Crippen molar-refractivity contribution in [3.8, 4) is 12.3 Å². The van der Waals surface area contributed by atoms with Crippen molar-refractivity contribution in [3.05, 3.63) is 0 Å². The van der Waals surface area contributed by atoms with E-state index in [2.05, 4.69) is 15.2 Å². The van der Waals surface area contributed by atoms with Gasteiger partial charge in [-0.2, -0.15) is 0 Å². The Bertz CT molecular complexity index is 202. The highest BCUT2D eigenvalue weighted by Crippen LogP contribution is 2.37. The molecule has 2 N–H and O–H groups in total. The lowest BCUT2D eigenvalue weighted by molar-refractivity contribution is 0.123. The minimum Gasteiger partial charge on any atom is -0.385 e. The number of phosphoric ester groups is 1. The van der Waals surface area contributed by atoms with E-state index in [-0.39, 0.29) is 6.42 Å². The van der Waals surface area contributed by atoms with Gasteiger partial charge in [0.2, 0.25) is 0 Å². The molecule has 0 bridgehead atoms. The molecule has 0 aromatic rings. The summed E-state index contributed by atoms with van der Waals surface area (Å²) in [6.45, 7) is 0.300. The number of terminal acetylenes is 1. The molecule has 1 atom stereocenters. The third-order valence-electron chi connectivity index (χ3n) is 1.03. The SMILES string of the molecule is C#CC(CCOC)OP(=O)(O)O. The van der Waals surface area contributed by atoms with Gasteiger partial charge in [-0.05, 0) is 0 Å². The lowest BCUT2D eigenvalue weighted by Gasteiger charge is -2.11. The van der Waals surface area contributed by atoms with E-state index in [9.17, 15) is 4.57 Å². The standard InChI is InChI=1S/C6H11O5P/c1-3-6(4-5-10-2)11-12(7,8)9/h1,6H,4-5H2,2H3,(H2,7,8,9). The molecule has 0 aliphatic rings. The second-order valence-electron chi connectivity index (χ2n) is 2.03. The van der Waals surface area contributed by atoms with Crippen LogP contribution in [-0.4, -0.2) is 29.6 Å². The van der Waals surface area contributed by atoms with Crippen molar-refractivity contribution < 1.29 is 23.6 Å². The Morgan fingerprint density at radius 3 is 2.58 bits per heavy atom. The van der Waals surface area contributed by atoms with Gasteiger partial charge in [0, 0.05) is 20.1 Å². The molecule has 0 aromatic heterocycles. The molecule has 0 radical (unpaired) electrons. The van der Waals surface area contributed by atoms with Crippen molar-refractivity contribution in [3.63, 3.8) is 0 Å². The molecule has 0 aliphatic heterocycles. The maximum Gasteiger partial charge on any atom is 0.470 e. The van der Waals surface area contributed by atoms with Crippen LogP contribution in [0.4, 0.5) is 0 Å². The Morgan fingerprint density at radius 2 is 2.25 bits per heavy atom. The van der Waals surface area contributed by atoms with E-state index >= 15 is 0 Å². The van der Waals surface area contributed by atoms with Gasteiger partial charge in [0.25, 0.3) is 0 Å². The van der Waals surface area contributed by atoms with Gasteiger partial charge in [-0.1, -0.05) is 5.92 Å². The van der Waals surface area contributed by atoms with Crippen LogP contribution in [0.3, 0.4) is 0 Å². The molecule has 0 aliphatic carbocycles. The Labute approximate surface area is 70.9 Å². The van der Waals surface area contributed by atoms with Gasteiger partial charge in [0.1, 0.15) is 6.10 Å². The fourth-order valence-corrected chi connectivity index (χ4v) is 1.05. The molecule has 0 rings (SSSR count). The van der Waals surface area contributed by atoms with Gasteiger partial charge in [0.15, 0.2) is 0 Å². The van der Waals surface area contributed by atoms with E-state index in [4.69, 9.17) is 16.2 Å². The van der Waals surface area contributed by atoms with Crippen molar-refractivity contribution >= 4 is 7.82 Å². The van der Waals surface area contributed by atoms with Crippen LogP contribution in [0.5, 0.6) is 0 Å². The van der Waals surface area contributed by atoms with Crippen LogP contribution in [0.15, 0.2) is 0 Å². The van der Waals surface area contributed by atoms with E-state index in [1.54, 1.807) is 0 Å². The van der Waals surface area contributed by atoms with Crippen LogP contribution in [-0.2, 0) is 13.8 Å². The lowest BCUT2D eigenvalue weighted by atomic mass is 10.3. The highest BCUT2D eigenvalue weighted by atomic mass is 31.2. The largest absolute Gasteiger partial charge is 0.470 e. The Balaban J connectivity index is 3.86. The van der Waals surface area contributed by atoms with E-state index in [1.807, 2.05) is 0 Å². The number of methoxy groups -OCH3 is 1. The van der Waals surface area contributed by atoms with Gasteiger partial charge in [0.05, 0.1) is 0 Å². The Morgan fingerprint density at radius 1 is 1.67 bits per heavy atom. The smallest absolute Gasteiger partial charge is 0.385 e. The molecular formula is C6H11O5P. The number of rotatable bonds is 5. The van der Waals surface area contributed by atoms with E-state index in [0.717, 1.165) is 0 Å². The van der Waals surface area contributed by atoms with Crippen LogP contribution in [0, 0.1) is 12.3 Å². The maximum absolute atomic E-state index is 10.3. The summed E-state index contributed by atoms with van der Waals surface area (Å²) in [6, 6.07) is 0. The van der Waals surface area contributed by atoms with Crippen molar-refractivity contribution in [2.75, 3.05) is 13.7 Å². The molecule has 70 valence electrons. The Hall–Kier alpha value is -0.370. The molecule has 0 saturated heterocycles. The van der Waals surface area contributed by atoms with Crippen molar-refractivity contribution in [1.82, 2.24) is 0 Å². The monoisotopic (exact) mass is 194 g/mol. The van der Waals surface area contributed by atoms with Crippen LogP contribution in [0.1, 0.15) is 6.42 Å². The second-order valence-corrected chi connectivity index (χ2v) is 3.22. The summed E-state index contributed by atoms with van der Waals surface area (Å²) in [4.78, 5) is 16.7. The zero-order valence-corrected chi connectivity index (χ0v) is 7.53. The highest BCUT2D eigenvalue weighted by Gasteiger charge is 2.19. The molecule has 1 unspecified atom stereocenters. The topological polar surface area (TPSA) is 76.0 Å². The minimum absolute atomic E-state index is 0.262. The number of phosphoric acid groups is 1. The molecule has 5 nitrogen and oxygen atoms in total. The second kappa shape index (κ2) is 5.31. The molecule has 6 heteroatoms. The van der Waals surface area contributed by atoms with Crippen LogP contribution >= 0.6 is 7.82 Å². The summed E-state index contributed by atoms with van der Waals surface area (Å²) in [5, 5.41) is 0. The predicted octanol–water partition coefficient (Wildman–Crippen LogP) is 0.134. The van der Waals surface area contributed by atoms with E-state index in [0.29, 0.717) is 6.61 Å². The summed E-state index contributed by atoms with van der Waals surface area (Å²) < 4.78 is 19.2. The van der Waals surface area contributed by atoms with Gasteiger partial charge >= 0.3 is 7.82 Å². The number of hydrogen-bond donors (Lipinski definition) is 2. The van der Waals surface area contributed by atoms with Crippen molar-refractivity contribution in [2.24, 2.45) is 0 Å². The average Bonchev–Trinajstić information content (AvgIpc) is 1.95. The third-order valence-corrected chi connectivity index (χ3v) is 1.56. The zero-order valence-electron chi connectivity index (χ0n) is 6.64. The van der Waals surface area contributed by atoms with Crippen molar-refractivity contribution in [2.45, 2.75) is 12.5 Å². The van der Waals surface area contributed by atoms with Gasteiger partial charge in [-0.3, -0.25) is 4.52 Å². The van der Waals surface area contributed by atoms with Crippen LogP contribution in [0.2, 0.25) is 0 Å². The summed E-state index contributed by atoms with van der Waals surface area (Å²) >= 11 is 0. The molecule has 12 heavy (non-hydrogen) atoms. The fraction of sp³-hybridized carbons (Fsp3) is 0.667. The van der Waals surface area contributed by atoms with Gasteiger partial charge < -0.3 is 14.5 Å². The number of hydrogen-bond acceptors (Lipinski definition) is 3. The summed E-state index contributed by atoms with van der Waals surface area (Å²) in [5.74, 6) is 2.10. The van der Waals surface area contributed by atoms with E-state index in [1.165, 1.54) is 7.11 Å². The molecular weight excluding hydrogens is 183 g/mol. The first-order chi connectivity index (χ1) is 5.49. The average molecular weight is 194 g/mol. The number of ether oxygens (including phenoxy) is 1. The van der Waals surface area contributed by atoms with Crippen LogP contribution in [0.25, 0.3) is 0 Å². The molecule has 0 spiro atoms. The Kier molecular flexibility index (Phi) is 5.14. The molecule has 0 saturated carbocycles. The normalized spacial score (nSPS) is 13.8. The summed E-state index contributed by atoms with van der Waals surface area (Å²) in [6.07, 6.45) is 4.31. The first kappa shape index (κ1) is 11.6. The van der Waals surface area contributed by atoms with Gasteiger partial charge in [-0.25, -0.2) is 4.57 Å². The first-order valence-corrected chi connectivity index (χ1v) is 4.71. The van der Waals surface area contributed by atoms with E-state index < -0.39 is 13.9 Å². The molecule has 0 aromatic carbocycles. The minimum atomic E-state index is -4.48. The van der Waals surface area contributed by atoms with Gasteiger partial charge in [-0.15, -0.1) is 6.42 Å². The zero-order chi connectivity index (χ0) is 9.61. The summed E-state index contributed by atoms with van der Waals surface area (Å²) in [7, 11) is -3.01. The molecule has 0 fully saturated rings. The first-order valence-electron chi connectivity index (χ1n) is 3.18. The van der Waals surface area contributed by atoms with Crippen molar-refractivity contribution in [1.29, 1.82) is 0 Å². The lowest BCUT2D eigenvalue weighted by Crippen LogP contribution is -2.11. The molecule has 0 heterocycles. The highest BCUT2D eigenvalue weighted by molar-refractivity contribution is 7.46. The summed E-state index contributed by atoms with van der Waals surface area (Å²) in [5.41, 5.74) is 0. The fourth-order valence-electron chi connectivity index (χ4n) is 0.557. The molecule has 0 amide bonds. The van der Waals surface area contributed by atoms with Crippen LogP contribution < -0.4 is 0 Å².